The molecular formula is C6H7F5O2. The second-order valence-corrected chi connectivity index (χ2v) is 3.33. The molecule has 0 aromatic carbocycles. The lowest BCUT2D eigenvalue weighted by Crippen LogP contribution is -2.80. The summed E-state index contributed by atoms with van der Waals surface area (Å²) in [6, 6.07) is 0. The van der Waals surface area contributed by atoms with Crippen LogP contribution in [0.25, 0.3) is 0 Å². The van der Waals surface area contributed by atoms with Gasteiger partial charge in [-0.15, -0.1) is 0 Å². The van der Waals surface area contributed by atoms with Crippen molar-refractivity contribution in [3.8, 4) is 0 Å². The van der Waals surface area contributed by atoms with Crippen molar-refractivity contribution in [3.63, 3.8) is 0 Å². The SMILES string of the molecule is CC1(C)OC(O)(C(F)(F)F)C1(F)F. The van der Waals surface area contributed by atoms with E-state index in [1.54, 1.807) is 0 Å². The molecule has 0 aromatic rings. The maximum Gasteiger partial charge on any atom is 0.449 e. The van der Waals surface area contributed by atoms with Crippen LogP contribution in [0.1, 0.15) is 13.8 Å². The van der Waals surface area contributed by atoms with E-state index in [9.17, 15) is 22.0 Å². The molecule has 0 aliphatic carbocycles. The number of rotatable bonds is 0. The van der Waals surface area contributed by atoms with Crippen LogP contribution in [0.4, 0.5) is 22.0 Å². The first kappa shape index (κ1) is 10.6. The summed E-state index contributed by atoms with van der Waals surface area (Å²) in [6.45, 7) is 1.54. The Balaban J connectivity index is 3.02. The van der Waals surface area contributed by atoms with E-state index < -0.39 is 23.5 Å². The van der Waals surface area contributed by atoms with Crippen molar-refractivity contribution in [1.29, 1.82) is 0 Å². The van der Waals surface area contributed by atoms with E-state index in [-0.39, 0.29) is 0 Å². The molecule has 1 N–H and O–H groups in total. The molecule has 78 valence electrons. The largest absolute Gasteiger partial charge is 0.449 e. The first-order valence-electron chi connectivity index (χ1n) is 3.33. The fourth-order valence-electron chi connectivity index (χ4n) is 1.10. The highest BCUT2D eigenvalue weighted by molar-refractivity contribution is 5.11. The van der Waals surface area contributed by atoms with Crippen molar-refractivity contribution in [1.82, 2.24) is 0 Å². The molecule has 0 aromatic heterocycles. The van der Waals surface area contributed by atoms with Gasteiger partial charge in [-0.25, -0.2) is 0 Å². The number of ether oxygens (including phenoxy) is 1. The average molecular weight is 206 g/mol. The van der Waals surface area contributed by atoms with Gasteiger partial charge in [-0.1, -0.05) is 0 Å². The predicted molar refractivity (Wildman–Crippen MR) is 31.1 cm³/mol. The molecule has 1 saturated heterocycles. The van der Waals surface area contributed by atoms with Crippen LogP contribution >= 0.6 is 0 Å². The Bertz CT molecular complexity index is 234. The Kier molecular flexibility index (Phi) is 1.75. The maximum absolute atomic E-state index is 12.8. The zero-order valence-corrected chi connectivity index (χ0v) is 6.75. The molecule has 1 aliphatic rings. The zero-order chi connectivity index (χ0) is 10.7. The van der Waals surface area contributed by atoms with Gasteiger partial charge in [0.05, 0.1) is 0 Å². The first-order valence-corrected chi connectivity index (χ1v) is 3.33. The van der Waals surface area contributed by atoms with Crippen LogP contribution in [0, 0.1) is 0 Å². The average Bonchev–Trinajstić information content (AvgIpc) is 1.83. The minimum absolute atomic E-state index is 0.771. The molecule has 1 atom stereocenters. The van der Waals surface area contributed by atoms with E-state index in [1.165, 1.54) is 0 Å². The second kappa shape index (κ2) is 2.14. The quantitative estimate of drug-likeness (QED) is 0.611. The molecule has 1 aliphatic heterocycles. The molecule has 7 heteroatoms. The molecule has 1 heterocycles. The Morgan fingerprint density at radius 3 is 1.62 bits per heavy atom. The topological polar surface area (TPSA) is 29.5 Å². The smallest absolute Gasteiger partial charge is 0.354 e. The fraction of sp³-hybridized carbons (Fsp3) is 1.00. The minimum atomic E-state index is -5.49. The van der Waals surface area contributed by atoms with Gasteiger partial charge >= 0.3 is 17.9 Å². The van der Waals surface area contributed by atoms with E-state index in [0.717, 1.165) is 13.8 Å². The Hall–Kier alpha value is -0.430. The lowest BCUT2D eigenvalue weighted by Gasteiger charge is -2.55. The van der Waals surface area contributed by atoms with Crippen molar-refractivity contribution < 1.29 is 31.8 Å². The normalized spacial score (nSPS) is 36.9. The molecule has 0 radical (unpaired) electrons. The van der Waals surface area contributed by atoms with Gasteiger partial charge in [0.2, 0.25) is 0 Å². The van der Waals surface area contributed by atoms with E-state index in [4.69, 9.17) is 5.11 Å². The summed E-state index contributed by atoms with van der Waals surface area (Å²) in [5.74, 6) is -8.68. The van der Waals surface area contributed by atoms with Crippen LogP contribution in [0.5, 0.6) is 0 Å². The third-order valence-electron chi connectivity index (χ3n) is 1.97. The number of hydrogen-bond acceptors (Lipinski definition) is 2. The first-order chi connectivity index (χ1) is 5.46. The number of halogens is 5. The Labute approximate surface area is 70.3 Å². The van der Waals surface area contributed by atoms with Gasteiger partial charge in [-0.2, -0.15) is 22.0 Å². The van der Waals surface area contributed by atoms with Crippen LogP contribution < -0.4 is 0 Å². The van der Waals surface area contributed by atoms with Crippen molar-refractivity contribution in [2.45, 2.75) is 37.3 Å². The van der Waals surface area contributed by atoms with E-state index >= 15 is 0 Å². The summed E-state index contributed by atoms with van der Waals surface area (Å²) in [5.41, 5.74) is -2.29. The van der Waals surface area contributed by atoms with Gasteiger partial charge in [0.25, 0.3) is 0 Å². The second-order valence-electron chi connectivity index (χ2n) is 3.33. The molecule has 0 saturated carbocycles. The van der Waals surface area contributed by atoms with Gasteiger partial charge in [0.1, 0.15) is 5.60 Å². The Morgan fingerprint density at radius 2 is 1.54 bits per heavy atom. The molecular weight excluding hydrogens is 199 g/mol. The van der Waals surface area contributed by atoms with Crippen LogP contribution in [0.15, 0.2) is 0 Å². The van der Waals surface area contributed by atoms with Crippen LogP contribution in [0.2, 0.25) is 0 Å². The highest BCUT2D eigenvalue weighted by Gasteiger charge is 2.85. The predicted octanol–water partition coefficient (Wildman–Crippen LogP) is 1.68. The summed E-state index contributed by atoms with van der Waals surface area (Å²) in [5, 5.41) is 8.51. The molecule has 0 amide bonds. The van der Waals surface area contributed by atoms with Crippen molar-refractivity contribution in [2.75, 3.05) is 0 Å². The highest BCUT2D eigenvalue weighted by atomic mass is 19.4. The summed E-state index contributed by atoms with van der Waals surface area (Å²) >= 11 is 0. The van der Waals surface area contributed by atoms with E-state index in [2.05, 4.69) is 4.74 Å². The van der Waals surface area contributed by atoms with Gasteiger partial charge in [-0.3, -0.25) is 0 Å². The van der Waals surface area contributed by atoms with Crippen LogP contribution in [0.3, 0.4) is 0 Å². The molecule has 0 bridgehead atoms. The van der Waals surface area contributed by atoms with Crippen LogP contribution in [-0.2, 0) is 4.74 Å². The van der Waals surface area contributed by atoms with E-state index in [0.29, 0.717) is 0 Å². The number of hydrogen-bond donors (Lipinski definition) is 1. The molecule has 1 fully saturated rings. The fourth-order valence-corrected chi connectivity index (χ4v) is 1.10. The summed E-state index contributed by atoms with van der Waals surface area (Å²) in [6.07, 6.45) is -5.49. The summed E-state index contributed by atoms with van der Waals surface area (Å²) in [7, 11) is 0. The van der Waals surface area contributed by atoms with Gasteiger partial charge in [0, 0.05) is 0 Å². The lowest BCUT2D eigenvalue weighted by molar-refractivity contribution is -0.549. The zero-order valence-electron chi connectivity index (χ0n) is 6.75. The van der Waals surface area contributed by atoms with Crippen LogP contribution in [-0.4, -0.2) is 28.6 Å². The standard InChI is InChI=1S/C6H7F5O2/c1-3(2)4(7,8)5(12,13-3)6(9,10)11/h12H,1-2H3. The third kappa shape index (κ3) is 0.999. The summed E-state index contributed by atoms with van der Waals surface area (Å²) < 4.78 is 64.9. The maximum atomic E-state index is 12.8. The lowest BCUT2D eigenvalue weighted by atomic mass is 9.84. The molecule has 1 rings (SSSR count). The van der Waals surface area contributed by atoms with Gasteiger partial charge in [-0.05, 0) is 13.8 Å². The minimum Gasteiger partial charge on any atom is -0.354 e. The van der Waals surface area contributed by atoms with Crippen molar-refractivity contribution in [2.24, 2.45) is 0 Å². The number of aliphatic hydroxyl groups is 1. The van der Waals surface area contributed by atoms with Gasteiger partial charge in [0.15, 0.2) is 0 Å². The molecule has 2 nitrogen and oxygen atoms in total. The van der Waals surface area contributed by atoms with E-state index in [1.807, 2.05) is 0 Å². The summed E-state index contributed by atoms with van der Waals surface area (Å²) in [4.78, 5) is 0. The third-order valence-corrected chi connectivity index (χ3v) is 1.97. The van der Waals surface area contributed by atoms with Gasteiger partial charge < -0.3 is 9.84 Å². The molecule has 1 unspecified atom stereocenters. The monoisotopic (exact) mass is 206 g/mol. The van der Waals surface area contributed by atoms with Crippen molar-refractivity contribution >= 4 is 0 Å². The Morgan fingerprint density at radius 1 is 1.15 bits per heavy atom. The molecule has 0 spiro atoms. The highest BCUT2D eigenvalue weighted by Crippen LogP contribution is 2.59. The van der Waals surface area contributed by atoms with Crippen molar-refractivity contribution in [3.05, 3.63) is 0 Å². The molecule has 13 heavy (non-hydrogen) atoms. The number of alkyl halides is 5.